The average molecular weight is 463 g/mol. The van der Waals surface area contributed by atoms with E-state index in [1.807, 2.05) is 31.2 Å². The molecule has 0 spiro atoms. The van der Waals surface area contributed by atoms with E-state index in [4.69, 9.17) is 9.26 Å². The van der Waals surface area contributed by atoms with Gasteiger partial charge in [0.15, 0.2) is 5.82 Å². The summed E-state index contributed by atoms with van der Waals surface area (Å²) >= 11 is 0. The molecule has 34 heavy (non-hydrogen) atoms. The van der Waals surface area contributed by atoms with Gasteiger partial charge in [-0.2, -0.15) is 4.98 Å². The van der Waals surface area contributed by atoms with E-state index in [0.717, 1.165) is 22.8 Å². The SMILES string of the molecule is CCCOC(=O)n1cc(NC(=O)CCNc2nccc3ccc(-c4noc(C)n4)cc23)nc1C. The molecule has 0 saturated heterocycles. The minimum atomic E-state index is -0.522. The molecule has 2 N–H and O–H groups in total. The molecule has 3 heterocycles. The van der Waals surface area contributed by atoms with Crippen LogP contribution in [0.15, 0.2) is 41.2 Å². The predicted octanol–water partition coefficient (Wildman–Crippen LogP) is 3.93. The number of benzene rings is 1. The van der Waals surface area contributed by atoms with Crippen LogP contribution in [0.3, 0.4) is 0 Å². The summed E-state index contributed by atoms with van der Waals surface area (Å²) in [4.78, 5) is 37.3. The Bertz CT molecular complexity index is 1330. The van der Waals surface area contributed by atoms with Crippen molar-refractivity contribution in [1.82, 2.24) is 24.7 Å². The summed E-state index contributed by atoms with van der Waals surface area (Å²) in [5, 5.41) is 11.7. The van der Waals surface area contributed by atoms with Crippen LogP contribution >= 0.6 is 0 Å². The normalized spacial score (nSPS) is 10.9. The van der Waals surface area contributed by atoms with Crippen molar-refractivity contribution in [2.45, 2.75) is 33.6 Å². The molecule has 4 rings (SSSR count). The summed E-state index contributed by atoms with van der Waals surface area (Å²) in [5.41, 5.74) is 0.807. The number of hydrogen-bond donors (Lipinski definition) is 2. The number of nitrogens with one attached hydrogen (secondary N) is 2. The van der Waals surface area contributed by atoms with Gasteiger partial charge in [0.2, 0.25) is 17.6 Å². The highest BCUT2D eigenvalue weighted by Crippen LogP contribution is 2.26. The van der Waals surface area contributed by atoms with Crippen molar-refractivity contribution in [1.29, 1.82) is 0 Å². The fraction of sp³-hybridized carbons (Fsp3) is 0.304. The summed E-state index contributed by atoms with van der Waals surface area (Å²) in [5.74, 6) is 2.11. The first-order valence-electron chi connectivity index (χ1n) is 10.9. The lowest BCUT2D eigenvalue weighted by Crippen LogP contribution is -2.17. The summed E-state index contributed by atoms with van der Waals surface area (Å²) in [6.45, 7) is 5.99. The predicted molar refractivity (Wildman–Crippen MR) is 126 cm³/mol. The lowest BCUT2D eigenvalue weighted by molar-refractivity contribution is -0.116. The summed E-state index contributed by atoms with van der Waals surface area (Å²) in [7, 11) is 0. The number of carbonyl (C=O) groups is 2. The van der Waals surface area contributed by atoms with Crippen molar-refractivity contribution in [2.24, 2.45) is 0 Å². The maximum atomic E-state index is 12.4. The topological polar surface area (TPSA) is 137 Å². The molecular weight excluding hydrogens is 438 g/mol. The Hall–Kier alpha value is -4.28. The number of pyridine rings is 1. The number of aromatic nitrogens is 5. The Morgan fingerprint density at radius 3 is 2.79 bits per heavy atom. The molecule has 11 heteroatoms. The van der Waals surface area contributed by atoms with Crippen LogP contribution in [-0.4, -0.2) is 49.8 Å². The highest BCUT2D eigenvalue weighted by atomic mass is 16.5. The quantitative estimate of drug-likeness (QED) is 0.398. The van der Waals surface area contributed by atoms with Crippen LogP contribution in [0.4, 0.5) is 16.4 Å². The van der Waals surface area contributed by atoms with E-state index in [2.05, 4.69) is 30.7 Å². The Labute approximate surface area is 195 Å². The van der Waals surface area contributed by atoms with E-state index >= 15 is 0 Å². The van der Waals surface area contributed by atoms with Crippen molar-refractivity contribution in [3.63, 3.8) is 0 Å². The molecule has 1 amide bonds. The number of fused-ring (bicyclic) bond motifs is 1. The number of amides is 1. The van der Waals surface area contributed by atoms with Gasteiger partial charge >= 0.3 is 6.09 Å². The van der Waals surface area contributed by atoms with Crippen LogP contribution in [0.5, 0.6) is 0 Å². The van der Waals surface area contributed by atoms with E-state index in [1.165, 1.54) is 10.8 Å². The molecule has 3 aromatic heterocycles. The molecule has 1 aromatic carbocycles. The zero-order valence-electron chi connectivity index (χ0n) is 19.2. The number of aryl methyl sites for hydroxylation is 2. The second-order valence-electron chi connectivity index (χ2n) is 7.62. The van der Waals surface area contributed by atoms with Crippen molar-refractivity contribution < 1.29 is 18.8 Å². The molecule has 176 valence electrons. The maximum Gasteiger partial charge on any atom is 0.419 e. The van der Waals surface area contributed by atoms with E-state index in [0.29, 0.717) is 42.3 Å². The molecule has 0 unspecified atom stereocenters. The third kappa shape index (κ3) is 5.20. The zero-order chi connectivity index (χ0) is 24.1. The largest absolute Gasteiger partial charge is 0.449 e. The molecule has 0 fully saturated rings. The molecule has 0 aliphatic heterocycles. The van der Waals surface area contributed by atoms with Gasteiger partial charge in [0.25, 0.3) is 0 Å². The Kier molecular flexibility index (Phi) is 6.81. The monoisotopic (exact) mass is 463 g/mol. The minimum absolute atomic E-state index is 0.175. The molecule has 11 nitrogen and oxygen atoms in total. The van der Waals surface area contributed by atoms with Crippen LogP contribution in [0.1, 0.15) is 31.5 Å². The highest BCUT2D eigenvalue weighted by Gasteiger charge is 2.14. The maximum absolute atomic E-state index is 12.4. The van der Waals surface area contributed by atoms with Gasteiger partial charge in [-0.05, 0) is 30.9 Å². The van der Waals surface area contributed by atoms with E-state index < -0.39 is 6.09 Å². The van der Waals surface area contributed by atoms with E-state index in [9.17, 15) is 9.59 Å². The lowest BCUT2D eigenvalue weighted by atomic mass is 10.1. The van der Waals surface area contributed by atoms with Crippen LogP contribution in [-0.2, 0) is 9.53 Å². The lowest BCUT2D eigenvalue weighted by Gasteiger charge is -2.09. The fourth-order valence-corrected chi connectivity index (χ4v) is 3.34. The standard InChI is InChI=1S/C23H25N7O4/c1-4-11-33-23(32)30-13-19(26-14(30)2)28-20(31)8-10-25-22-18-12-17(21-27-15(3)34-29-21)6-5-16(18)7-9-24-22/h5-7,9,12-13H,4,8,10-11H2,1-3H3,(H,24,25)(H,28,31). The van der Waals surface area contributed by atoms with Gasteiger partial charge in [-0.15, -0.1) is 0 Å². The first kappa shape index (κ1) is 22.9. The Balaban J connectivity index is 1.38. The molecule has 0 saturated carbocycles. The number of carbonyl (C=O) groups excluding carboxylic acids is 2. The first-order valence-corrected chi connectivity index (χ1v) is 10.9. The smallest absolute Gasteiger partial charge is 0.419 e. The van der Waals surface area contributed by atoms with Crippen LogP contribution in [0.2, 0.25) is 0 Å². The van der Waals surface area contributed by atoms with Crippen molar-refractivity contribution in [3.8, 4) is 11.4 Å². The molecular formula is C23H25N7O4. The third-order valence-corrected chi connectivity index (χ3v) is 4.97. The number of hydrogen-bond acceptors (Lipinski definition) is 9. The van der Waals surface area contributed by atoms with Crippen LogP contribution in [0, 0.1) is 13.8 Å². The average Bonchev–Trinajstić information content (AvgIpc) is 3.42. The first-order chi connectivity index (χ1) is 16.4. The van der Waals surface area contributed by atoms with Gasteiger partial charge in [0, 0.05) is 37.0 Å². The van der Waals surface area contributed by atoms with Crippen LogP contribution < -0.4 is 10.6 Å². The minimum Gasteiger partial charge on any atom is -0.449 e. The molecule has 0 aliphatic rings. The van der Waals surface area contributed by atoms with Crippen molar-refractivity contribution in [2.75, 3.05) is 23.8 Å². The van der Waals surface area contributed by atoms with Crippen LogP contribution in [0.25, 0.3) is 22.2 Å². The summed E-state index contributed by atoms with van der Waals surface area (Å²) in [6, 6.07) is 7.72. The number of rotatable bonds is 8. The zero-order valence-corrected chi connectivity index (χ0v) is 19.2. The number of ether oxygens (including phenoxy) is 1. The molecule has 0 atom stereocenters. The fourth-order valence-electron chi connectivity index (χ4n) is 3.34. The number of imidazole rings is 1. The van der Waals surface area contributed by atoms with E-state index in [1.54, 1.807) is 20.0 Å². The molecule has 4 aromatic rings. The van der Waals surface area contributed by atoms with Crippen molar-refractivity contribution >= 4 is 34.4 Å². The Morgan fingerprint density at radius 2 is 2.03 bits per heavy atom. The van der Waals surface area contributed by atoms with Gasteiger partial charge in [-0.3, -0.25) is 4.79 Å². The van der Waals surface area contributed by atoms with Gasteiger partial charge < -0.3 is 19.9 Å². The van der Waals surface area contributed by atoms with Gasteiger partial charge in [0.05, 0.1) is 12.8 Å². The second kappa shape index (κ2) is 10.1. The summed E-state index contributed by atoms with van der Waals surface area (Å²) in [6.07, 6.45) is 3.53. The van der Waals surface area contributed by atoms with Gasteiger partial charge in [-0.25, -0.2) is 19.3 Å². The second-order valence-corrected chi connectivity index (χ2v) is 7.62. The van der Waals surface area contributed by atoms with Crippen molar-refractivity contribution in [3.05, 3.63) is 48.4 Å². The molecule has 0 aliphatic carbocycles. The number of anilines is 2. The molecule has 0 radical (unpaired) electrons. The summed E-state index contributed by atoms with van der Waals surface area (Å²) < 4.78 is 11.4. The third-order valence-electron chi connectivity index (χ3n) is 4.97. The van der Waals surface area contributed by atoms with Gasteiger partial charge in [-0.1, -0.05) is 24.2 Å². The number of nitrogens with zero attached hydrogens (tertiary/aromatic N) is 5. The van der Waals surface area contributed by atoms with Gasteiger partial charge in [0.1, 0.15) is 11.6 Å². The highest BCUT2D eigenvalue weighted by molar-refractivity contribution is 5.95. The Morgan fingerprint density at radius 1 is 1.18 bits per heavy atom. The molecule has 0 bridgehead atoms. The van der Waals surface area contributed by atoms with E-state index in [-0.39, 0.29) is 12.3 Å².